The predicted octanol–water partition coefficient (Wildman–Crippen LogP) is 5.98. The van der Waals surface area contributed by atoms with E-state index in [1.54, 1.807) is 0 Å². The minimum atomic E-state index is -3.03. The van der Waals surface area contributed by atoms with Crippen molar-refractivity contribution < 1.29 is 18.7 Å². The van der Waals surface area contributed by atoms with Gasteiger partial charge in [0, 0.05) is 12.0 Å². The topological polar surface area (TPSA) is 55.8 Å². The Labute approximate surface area is 161 Å². The average molecular weight is 386 g/mol. The molecule has 3 rings (SSSR count). The molecule has 0 spiro atoms. The van der Waals surface area contributed by atoms with Gasteiger partial charge in [0.05, 0.1) is 0 Å². The summed E-state index contributed by atoms with van der Waals surface area (Å²) >= 11 is 0. The molecule has 0 amide bonds. The standard InChI is InChI=1S/C22H27O4P/c1-3-20(26-27(23)24)21(22(4-2)13-14-22)18-11-8-12-19(15-18)25-16-17-9-6-5-7-10-17/h5-12,15,27H,3-4,13-14,16H2,1-2H3,(H,23,24). The van der Waals surface area contributed by atoms with E-state index in [4.69, 9.17) is 9.26 Å². The van der Waals surface area contributed by atoms with Gasteiger partial charge in [0.1, 0.15) is 18.1 Å². The minimum Gasteiger partial charge on any atom is -0.489 e. The number of hydrogen-bond acceptors (Lipinski definition) is 3. The van der Waals surface area contributed by atoms with Gasteiger partial charge in [-0.15, -0.1) is 0 Å². The molecule has 2 aromatic carbocycles. The third kappa shape index (κ3) is 4.82. The summed E-state index contributed by atoms with van der Waals surface area (Å²) in [7, 11) is -3.03. The van der Waals surface area contributed by atoms with Gasteiger partial charge >= 0.3 is 8.25 Å². The van der Waals surface area contributed by atoms with Crippen LogP contribution in [0.2, 0.25) is 0 Å². The Balaban J connectivity index is 1.91. The number of allylic oxidation sites excluding steroid dienone is 2. The third-order valence-corrected chi connectivity index (χ3v) is 5.66. The summed E-state index contributed by atoms with van der Waals surface area (Å²) in [5.41, 5.74) is 3.23. The Kier molecular flexibility index (Phi) is 6.41. The van der Waals surface area contributed by atoms with Gasteiger partial charge in [-0.2, -0.15) is 0 Å². The highest BCUT2D eigenvalue weighted by molar-refractivity contribution is 7.32. The van der Waals surface area contributed by atoms with Crippen LogP contribution in [0.1, 0.15) is 50.7 Å². The first kappa shape index (κ1) is 19.7. The molecule has 144 valence electrons. The molecule has 0 bridgehead atoms. The van der Waals surface area contributed by atoms with Crippen molar-refractivity contribution in [2.75, 3.05) is 0 Å². The maximum atomic E-state index is 11.4. The van der Waals surface area contributed by atoms with E-state index in [1.165, 1.54) is 0 Å². The molecule has 1 N–H and O–H groups in total. The molecule has 1 aliphatic rings. The van der Waals surface area contributed by atoms with Crippen molar-refractivity contribution in [1.82, 2.24) is 0 Å². The number of benzene rings is 2. The number of ether oxygens (including phenoxy) is 1. The average Bonchev–Trinajstić information content (AvgIpc) is 3.47. The molecular formula is C22H27O4P. The highest BCUT2D eigenvalue weighted by Crippen LogP contribution is 2.60. The van der Waals surface area contributed by atoms with Crippen LogP contribution >= 0.6 is 8.25 Å². The van der Waals surface area contributed by atoms with E-state index >= 15 is 0 Å². The second-order valence-electron chi connectivity index (χ2n) is 6.96. The zero-order valence-corrected chi connectivity index (χ0v) is 16.9. The van der Waals surface area contributed by atoms with E-state index < -0.39 is 8.25 Å². The van der Waals surface area contributed by atoms with Crippen molar-refractivity contribution in [3.63, 3.8) is 0 Å². The molecule has 2 aromatic rings. The van der Waals surface area contributed by atoms with Gasteiger partial charge in [-0.3, -0.25) is 0 Å². The Morgan fingerprint density at radius 2 is 1.85 bits per heavy atom. The fourth-order valence-electron chi connectivity index (χ4n) is 3.58. The van der Waals surface area contributed by atoms with Crippen LogP contribution in [-0.2, 0) is 15.7 Å². The Hall–Kier alpha value is -2.03. The van der Waals surface area contributed by atoms with Crippen LogP contribution < -0.4 is 4.74 Å². The lowest BCUT2D eigenvalue weighted by atomic mass is 9.86. The van der Waals surface area contributed by atoms with E-state index in [1.807, 2.05) is 61.5 Å². The summed E-state index contributed by atoms with van der Waals surface area (Å²) in [4.78, 5) is 9.34. The molecule has 1 aliphatic carbocycles. The lowest BCUT2D eigenvalue weighted by molar-refractivity contribution is 0.306. The Morgan fingerprint density at radius 3 is 2.44 bits per heavy atom. The first-order chi connectivity index (χ1) is 13.1. The zero-order chi connectivity index (χ0) is 19.3. The molecule has 5 heteroatoms. The maximum Gasteiger partial charge on any atom is 0.364 e. The van der Waals surface area contributed by atoms with Gasteiger partial charge in [-0.1, -0.05) is 56.3 Å². The summed E-state index contributed by atoms with van der Waals surface area (Å²) in [6.45, 7) is 4.63. The first-order valence-electron chi connectivity index (χ1n) is 9.49. The summed E-state index contributed by atoms with van der Waals surface area (Å²) < 4.78 is 22.7. The van der Waals surface area contributed by atoms with Gasteiger partial charge in [-0.05, 0) is 47.9 Å². The molecule has 0 aliphatic heterocycles. The van der Waals surface area contributed by atoms with Crippen LogP contribution in [0.15, 0.2) is 60.4 Å². The number of hydrogen-bond donors (Lipinski definition) is 1. The van der Waals surface area contributed by atoms with E-state index in [9.17, 15) is 9.46 Å². The smallest absolute Gasteiger partial charge is 0.364 e. The molecule has 27 heavy (non-hydrogen) atoms. The largest absolute Gasteiger partial charge is 0.489 e. The summed E-state index contributed by atoms with van der Waals surface area (Å²) in [6, 6.07) is 18.0. The summed E-state index contributed by atoms with van der Waals surface area (Å²) in [5, 5.41) is 0. The first-order valence-corrected chi connectivity index (χ1v) is 10.8. The molecule has 0 saturated heterocycles. The van der Waals surface area contributed by atoms with Crippen LogP contribution in [0.3, 0.4) is 0 Å². The summed E-state index contributed by atoms with van der Waals surface area (Å²) in [5.74, 6) is 1.41. The predicted molar refractivity (Wildman–Crippen MR) is 109 cm³/mol. The van der Waals surface area contributed by atoms with E-state index in [0.29, 0.717) is 18.8 Å². The second-order valence-corrected chi connectivity index (χ2v) is 7.69. The Bertz CT molecular complexity index is 825. The molecule has 1 unspecified atom stereocenters. The molecule has 1 fully saturated rings. The lowest BCUT2D eigenvalue weighted by Crippen LogP contribution is -2.07. The van der Waals surface area contributed by atoms with E-state index in [0.717, 1.165) is 41.7 Å². The van der Waals surface area contributed by atoms with Crippen molar-refractivity contribution in [2.24, 2.45) is 5.41 Å². The van der Waals surface area contributed by atoms with Crippen molar-refractivity contribution in [3.05, 3.63) is 71.5 Å². The number of rotatable bonds is 9. The fraction of sp³-hybridized carbons (Fsp3) is 0.364. The minimum absolute atomic E-state index is 0.0424. The van der Waals surface area contributed by atoms with Gasteiger partial charge < -0.3 is 14.2 Å². The maximum absolute atomic E-state index is 11.4. The lowest BCUT2D eigenvalue weighted by Gasteiger charge is -2.22. The normalized spacial score (nSPS) is 17.0. The van der Waals surface area contributed by atoms with E-state index in [2.05, 4.69) is 6.92 Å². The van der Waals surface area contributed by atoms with Gasteiger partial charge in [0.25, 0.3) is 0 Å². The van der Waals surface area contributed by atoms with Crippen LogP contribution in [0.5, 0.6) is 5.75 Å². The van der Waals surface area contributed by atoms with Gasteiger partial charge in [0.2, 0.25) is 0 Å². The second kappa shape index (κ2) is 8.77. The fourth-order valence-corrected chi connectivity index (χ4v) is 4.04. The summed E-state index contributed by atoms with van der Waals surface area (Å²) in [6.07, 6.45) is 3.72. The SMILES string of the molecule is CCC(O[PH](=O)O)=C(c1cccc(OCc2ccccc2)c1)C1(CC)CC1. The highest BCUT2D eigenvalue weighted by atomic mass is 31.1. The van der Waals surface area contributed by atoms with Crippen molar-refractivity contribution >= 4 is 13.8 Å². The highest BCUT2D eigenvalue weighted by Gasteiger charge is 2.46. The van der Waals surface area contributed by atoms with Gasteiger partial charge in [-0.25, -0.2) is 4.57 Å². The van der Waals surface area contributed by atoms with Crippen LogP contribution in [-0.4, -0.2) is 4.89 Å². The van der Waals surface area contributed by atoms with Crippen LogP contribution in [0, 0.1) is 5.41 Å². The van der Waals surface area contributed by atoms with Gasteiger partial charge in [0.15, 0.2) is 0 Å². The monoisotopic (exact) mass is 386 g/mol. The molecule has 4 nitrogen and oxygen atoms in total. The molecular weight excluding hydrogens is 359 g/mol. The molecule has 1 atom stereocenters. The van der Waals surface area contributed by atoms with Crippen molar-refractivity contribution in [3.8, 4) is 5.75 Å². The molecule has 0 aromatic heterocycles. The molecule has 0 radical (unpaired) electrons. The zero-order valence-electron chi connectivity index (χ0n) is 15.9. The third-order valence-electron chi connectivity index (χ3n) is 5.24. The van der Waals surface area contributed by atoms with E-state index in [-0.39, 0.29) is 5.41 Å². The van der Waals surface area contributed by atoms with Crippen molar-refractivity contribution in [1.29, 1.82) is 0 Å². The van der Waals surface area contributed by atoms with Crippen LogP contribution in [0.4, 0.5) is 0 Å². The molecule has 0 heterocycles. The molecule has 1 saturated carbocycles. The van der Waals surface area contributed by atoms with Crippen LogP contribution in [0.25, 0.3) is 5.57 Å². The Morgan fingerprint density at radius 1 is 1.11 bits per heavy atom. The quantitative estimate of drug-likeness (QED) is 0.426. The van der Waals surface area contributed by atoms with Crippen molar-refractivity contribution in [2.45, 2.75) is 46.1 Å².